The number of methoxy groups -OCH3 is 2. The Balaban J connectivity index is 1.29. The SMILES string of the molecule is COc1ccc(NC(=O)CN2CCC(N3CC(=O)N(c4ccccc4)C3=O)CC2)cc1OC. The molecule has 0 bridgehead atoms. The number of rotatable bonds is 7. The van der Waals surface area contributed by atoms with Crippen molar-refractivity contribution >= 4 is 29.2 Å². The molecule has 2 aromatic rings. The first-order valence-electron chi connectivity index (χ1n) is 10.9. The maximum absolute atomic E-state index is 12.9. The highest BCUT2D eigenvalue weighted by atomic mass is 16.5. The maximum Gasteiger partial charge on any atom is 0.332 e. The number of carbonyl (C=O) groups excluding carboxylic acids is 3. The van der Waals surface area contributed by atoms with E-state index < -0.39 is 0 Å². The first kappa shape index (κ1) is 22.6. The molecular formula is C24H28N4O5. The third-order valence-corrected chi connectivity index (χ3v) is 6.04. The second-order valence-corrected chi connectivity index (χ2v) is 8.10. The number of nitrogens with zero attached hydrogens (tertiary/aromatic N) is 3. The van der Waals surface area contributed by atoms with Gasteiger partial charge in [-0.3, -0.25) is 14.5 Å². The van der Waals surface area contributed by atoms with Gasteiger partial charge in [-0.05, 0) is 37.1 Å². The van der Waals surface area contributed by atoms with E-state index in [1.807, 2.05) is 18.2 Å². The van der Waals surface area contributed by atoms with Gasteiger partial charge in [0.15, 0.2) is 11.5 Å². The summed E-state index contributed by atoms with van der Waals surface area (Å²) in [6.45, 7) is 1.70. The van der Waals surface area contributed by atoms with Gasteiger partial charge in [0.05, 0.1) is 26.5 Å². The lowest BCUT2D eigenvalue weighted by Gasteiger charge is -2.35. The van der Waals surface area contributed by atoms with Gasteiger partial charge in [0.25, 0.3) is 5.91 Å². The zero-order chi connectivity index (χ0) is 23.4. The minimum Gasteiger partial charge on any atom is -0.493 e. The summed E-state index contributed by atoms with van der Waals surface area (Å²) < 4.78 is 10.5. The minimum atomic E-state index is -0.268. The second kappa shape index (κ2) is 9.91. The normalized spacial score (nSPS) is 17.4. The molecule has 2 aliphatic heterocycles. The Bertz CT molecular complexity index is 1020. The molecule has 0 radical (unpaired) electrons. The van der Waals surface area contributed by atoms with E-state index in [9.17, 15) is 14.4 Å². The Kier molecular flexibility index (Phi) is 6.79. The molecule has 9 nitrogen and oxygen atoms in total. The Morgan fingerprint density at radius 2 is 1.70 bits per heavy atom. The lowest BCUT2D eigenvalue weighted by molar-refractivity contribution is -0.117. The number of hydrogen-bond donors (Lipinski definition) is 1. The summed E-state index contributed by atoms with van der Waals surface area (Å²) >= 11 is 0. The van der Waals surface area contributed by atoms with Crippen molar-refractivity contribution in [1.29, 1.82) is 0 Å². The van der Waals surface area contributed by atoms with E-state index in [0.717, 1.165) is 0 Å². The van der Waals surface area contributed by atoms with Crippen LogP contribution in [0.1, 0.15) is 12.8 Å². The van der Waals surface area contributed by atoms with Crippen LogP contribution in [0.15, 0.2) is 48.5 Å². The fraction of sp³-hybridized carbons (Fsp3) is 0.375. The van der Waals surface area contributed by atoms with Crippen molar-refractivity contribution in [3.05, 3.63) is 48.5 Å². The molecule has 0 atom stereocenters. The Morgan fingerprint density at radius 1 is 1.00 bits per heavy atom. The number of carbonyl (C=O) groups is 3. The van der Waals surface area contributed by atoms with Gasteiger partial charge in [-0.15, -0.1) is 0 Å². The zero-order valence-corrected chi connectivity index (χ0v) is 18.8. The number of benzene rings is 2. The lowest BCUT2D eigenvalue weighted by atomic mass is 10.0. The lowest BCUT2D eigenvalue weighted by Crippen LogP contribution is -2.48. The maximum atomic E-state index is 12.9. The average Bonchev–Trinajstić information content (AvgIpc) is 3.13. The fourth-order valence-corrected chi connectivity index (χ4v) is 4.34. The number of piperidine rings is 1. The number of imide groups is 1. The van der Waals surface area contributed by atoms with Crippen LogP contribution >= 0.6 is 0 Å². The number of para-hydroxylation sites is 1. The highest BCUT2D eigenvalue weighted by Crippen LogP contribution is 2.30. The van der Waals surface area contributed by atoms with Crippen molar-refractivity contribution in [2.24, 2.45) is 0 Å². The minimum absolute atomic E-state index is 0.0136. The van der Waals surface area contributed by atoms with E-state index in [0.29, 0.717) is 48.8 Å². The summed E-state index contributed by atoms with van der Waals surface area (Å²) in [5.74, 6) is 0.815. The zero-order valence-electron chi connectivity index (χ0n) is 18.8. The number of ether oxygens (including phenoxy) is 2. The molecule has 4 rings (SSSR count). The topological polar surface area (TPSA) is 91.4 Å². The van der Waals surface area contributed by atoms with Gasteiger partial charge in [-0.1, -0.05) is 18.2 Å². The number of amides is 4. The average molecular weight is 453 g/mol. The van der Waals surface area contributed by atoms with Crippen LogP contribution in [0.5, 0.6) is 11.5 Å². The first-order valence-corrected chi connectivity index (χ1v) is 10.9. The van der Waals surface area contributed by atoms with Crippen LogP contribution in [0.25, 0.3) is 0 Å². The highest BCUT2D eigenvalue weighted by Gasteiger charge is 2.41. The van der Waals surface area contributed by atoms with Crippen LogP contribution < -0.4 is 19.7 Å². The van der Waals surface area contributed by atoms with E-state index in [-0.39, 0.29) is 37.0 Å². The standard InChI is InChI=1S/C24H28N4O5/c1-32-20-9-8-17(14-21(20)33-2)25-22(29)15-26-12-10-18(11-13-26)27-16-23(30)28(24(27)31)19-6-4-3-5-7-19/h3-9,14,18H,10-13,15-16H2,1-2H3,(H,25,29). The molecule has 2 saturated heterocycles. The molecule has 1 N–H and O–H groups in total. The predicted molar refractivity (Wildman–Crippen MR) is 124 cm³/mol. The molecule has 0 unspecified atom stereocenters. The van der Waals surface area contributed by atoms with Gasteiger partial charge in [-0.25, -0.2) is 9.69 Å². The van der Waals surface area contributed by atoms with Gasteiger partial charge >= 0.3 is 6.03 Å². The van der Waals surface area contributed by atoms with Gasteiger partial charge in [0, 0.05) is 30.9 Å². The molecule has 4 amide bonds. The summed E-state index contributed by atoms with van der Waals surface area (Å²) in [5, 5.41) is 2.89. The molecule has 174 valence electrons. The predicted octanol–water partition coefficient (Wildman–Crippen LogP) is 2.58. The van der Waals surface area contributed by atoms with Gasteiger partial charge < -0.3 is 19.7 Å². The molecule has 9 heteroatoms. The summed E-state index contributed by atoms with van der Waals surface area (Å²) in [6, 6.07) is 13.9. The summed E-state index contributed by atoms with van der Waals surface area (Å²) in [6.07, 6.45) is 1.43. The second-order valence-electron chi connectivity index (χ2n) is 8.10. The summed E-state index contributed by atoms with van der Waals surface area (Å²) in [4.78, 5) is 42.9. The number of urea groups is 1. The first-order chi connectivity index (χ1) is 16.0. The molecule has 2 aromatic carbocycles. The van der Waals surface area contributed by atoms with Crippen molar-refractivity contribution < 1.29 is 23.9 Å². The van der Waals surface area contributed by atoms with Crippen molar-refractivity contribution in [2.45, 2.75) is 18.9 Å². The largest absolute Gasteiger partial charge is 0.493 e. The van der Waals surface area contributed by atoms with Crippen LogP contribution in [0.2, 0.25) is 0 Å². The number of hydrogen-bond acceptors (Lipinski definition) is 6. The Hall–Kier alpha value is -3.59. The van der Waals surface area contributed by atoms with Gasteiger partial charge in [-0.2, -0.15) is 0 Å². The summed E-state index contributed by atoms with van der Waals surface area (Å²) in [5.41, 5.74) is 1.23. The van der Waals surface area contributed by atoms with Crippen molar-refractivity contribution in [2.75, 3.05) is 50.6 Å². The van der Waals surface area contributed by atoms with Crippen molar-refractivity contribution in [3.63, 3.8) is 0 Å². The molecule has 33 heavy (non-hydrogen) atoms. The van der Waals surface area contributed by atoms with E-state index in [1.54, 1.807) is 49.5 Å². The van der Waals surface area contributed by atoms with Crippen molar-refractivity contribution in [1.82, 2.24) is 9.80 Å². The van der Waals surface area contributed by atoms with Crippen LogP contribution in [0, 0.1) is 0 Å². The molecule has 0 spiro atoms. The molecule has 2 aliphatic rings. The quantitative estimate of drug-likeness (QED) is 0.650. The van der Waals surface area contributed by atoms with Gasteiger partial charge in [0.1, 0.15) is 6.54 Å². The van der Waals surface area contributed by atoms with Gasteiger partial charge in [0.2, 0.25) is 5.91 Å². The Morgan fingerprint density at radius 3 is 2.36 bits per heavy atom. The molecular weight excluding hydrogens is 424 g/mol. The van der Waals surface area contributed by atoms with Crippen LogP contribution in [-0.2, 0) is 9.59 Å². The van der Waals surface area contributed by atoms with E-state index in [1.165, 1.54) is 4.90 Å². The monoisotopic (exact) mass is 452 g/mol. The number of nitrogens with one attached hydrogen (secondary N) is 1. The fourth-order valence-electron chi connectivity index (χ4n) is 4.34. The molecule has 0 aromatic heterocycles. The summed E-state index contributed by atoms with van der Waals surface area (Å²) in [7, 11) is 3.11. The van der Waals surface area contributed by atoms with E-state index in [4.69, 9.17) is 9.47 Å². The Labute approximate surface area is 192 Å². The van der Waals surface area contributed by atoms with E-state index in [2.05, 4.69) is 10.2 Å². The molecule has 0 aliphatic carbocycles. The third-order valence-electron chi connectivity index (χ3n) is 6.04. The highest BCUT2D eigenvalue weighted by molar-refractivity contribution is 6.19. The number of anilines is 2. The van der Waals surface area contributed by atoms with Crippen LogP contribution in [-0.4, -0.2) is 74.1 Å². The smallest absolute Gasteiger partial charge is 0.332 e. The van der Waals surface area contributed by atoms with Crippen molar-refractivity contribution in [3.8, 4) is 11.5 Å². The molecule has 2 heterocycles. The molecule has 2 fully saturated rings. The molecule has 0 saturated carbocycles. The van der Waals surface area contributed by atoms with E-state index >= 15 is 0 Å². The number of likely N-dealkylation sites (tertiary alicyclic amines) is 1. The third kappa shape index (κ3) is 4.93. The van der Waals surface area contributed by atoms with Crippen LogP contribution in [0.3, 0.4) is 0 Å². The van der Waals surface area contributed by atoms with Crippen LogP contribution in [0.4, 0.5) is 16.2 Å².